The highest BCUT2D eigenvalue weighted by molar-refractivity contribution is 8.14. The Morgan fingerprint density at radius 2 is 1.84 bits per heavy atom. The predicted molar refractivity (Wildman–Crippen MR) is 126 cm³/mol. The predicted octanol–water partition coefficient (Wildman–Crippen LogP) is 4.54. The summed E-state index contributed by atoms with van der Waals surface area (Å²) in [5, 5.41) is 9.11. The number of amides is 1. The van der Waals surface area contributed by atoms with Gasteiger partial charge in [-0.15, -0.1) is 0 Å². The number of carbonyl (C=O) groups is 1. The first-order chi connectivity index (χ1) is 15.1. The van der Waals surface area contributed by atoms with Crippen molar-refractivity contribution in [2.24, 2.45) is 4.99 Å². The molecule has 0 saturated carbocycles. The van der Waals surface area contributed by atoms with Crippen LogP contribution in [0.4, 0.5) is 0 Å². The van der Waals surface area contributed by atoms with Gasteiger partial charge < -0.3 is 5.32 Å². The summed E-state index contributed by atoms with van der Waals surface area (Å²) in [6.45, 7) is 4.69. The van der Waals surface area contributed by atoms with E-state index >= 15 is 0 Å². The van der Waals surface area contributed by atoms with E-state index in [-0.39, 0.29) is 5.91 Å². The number of thioether (sulfide) groups is 1. The topological polar surface area (TPSA) is 72.2 Å². The van der Waals surface area contributed by atoms with Crippen LogP contribution in [-0.2, 0) is 0 Å². The van der Waals surface area contributed by atoms with Gasteiger partial charge in [-0.1, -0.05) is 59.8 Å². The molecule has 0 aliphatic carbocycles. The van der Waals surface area contributed by atoms with Crippen molar-refractivity contribution >= 4 is 33.9 Å². The third kappa shape index (κ3) is 3.72. The second-order valence-electron chi connectivity index (χ2n) is 7.44. The Bertz CT molecular complexity index is 1310. The lowest BCUT2D eigenvalue weighted by Crippen LogP contribution is -2.27. The fourth-order valence-corrected chi connectivity index (χ4v) is 4.39. The molecule has 4 aromatic rings. The Morgan fingerprint density at radius 1 is 1.06 bits per heavy atom. The highest BCUT2D eigenvalue weighted by atomic mass is 32.2. The molecule has 5 rings (SSSR count). The van der Waals surface area contributed by atoms with E-state index < -0.39 is 0 Å². The van der Waals surface area contributed by atoms with Crippen molar-refractivity contribution in [2.45, 2.75) is 13.8 Å². The first-order valence-electron chi connectivity index (χ1n) is 10.1. The minimum atomic E-state index is -0.190. The molecule has 0 spiro atoms. The third-order valence-corrected chi connectivity index (χ3v) is 6.10. The zero-order valence-corrected chi connectivity index (χ0v) is 18.1. The molecule has 7 heteroatoms. The largest absolute Gasteiger partial charge is 0.301 e. The number of rotatable bonds is 3. The van der Waals surface area contributed by atoms with Gasteiger partial charge in [-0.3, -0.25) is 9.79 Å². The van der Waals surface area contributed by atoms with Gasteiger partial charge in [0.15, 0.2) is 10.8 Å². The number of hydrogen-bond donors (Lipinski definition) is 1. The summed E-state index contributed by atoms with van der Waals surface area (Å²) in [5.74, 6) is 0.699. The van der Waals surface area contributed by atoms with Gasteiger partial charge in [0.2, 0.25) is 0 Å². The smallest absolute Gasteiger partial charge is 0.258 e. The number of amidine groups is 1. The Labute approximate surface area is 184 Å². The molecule has 0 saturated heterocycles. The summed E-state index contributed by atoms with van der Waals surface area (Å²) in [7, 11) is 0. The maximum atomic E-state index is 13.3. The van der Waals surface area contributed by atoms with Crippen molar-refractivity contribution in [2.75, 3.05) is 12.3 Å². The molecule has 154 valence electrons. The number of nitrogens with one attached hydrogen (secondary N) is 1. The average Bonchev–Trinajstić information content (AvgIpc) is 3.42. The summed E-state index contributed by atoms with van der Waals surface area (Å²) in [6.07, 6.45) is 0. The Morgan fingerprint density at radius 3 is 2.55 bits per heavy atom. The molecular weight excluding hydrogens is 406 g/mol. The molecule has 0 radical (unpaired) electrons. The van der Waals surface area contributed by atoms with Crippen LogP contribution in [0.1, 0.15) is 21.6 Å². The van der Waals surface area contributed by atoms with Crippen LogP contribution in [0.15, 0.2) is 65.7 Å². The second kappa shape index (κ2) is 8.00. The zero-order chi connectivity index (χ0) is 21.4. The van der Waals surface area contributed by atoms with Gasteiger partial charge in [0, 0.05) is 11.3 Å². The molecule has 1 aliphatic rings. The molecule has 31 heavy (non-hydrogen) atoms. The van der Waals surface area contributed by atoms with Crippen molar-refractivity contribution in [3.8, 4) is 16.9 Å². The van der Waals surface area contributed by atoms with Crippen LogP contribution in [0, 0.1) is 13.8 Å². The van der Waals surface area contributed by atoms with Crippen LogP contribution in [0.25, 0.3) is 28.0 Å². The van der Waals surface area contributed by atoms with Gasteiger partial charge in [-0.25, -0.2) is 9.67 Å². The van der Waals surface area contributed by atoms with Crippen LogP contribution >= 0.6 is 11.8 Å². The van der Waals surface area contributed by atoms with Crippen LogP contribution < -0.4 is 5.32 Å². The number of fused-ring (bicyclic) bond motifs is 1. The summed E-state index contributed by atoms with van der Waals surface area (Å²) in [5.41, 5.74) is 5.72. The van der Waals surface area contributed by atoms with Crippen LogP contribution in [-0.4, -0.2) is 38.1 Å². The number of carbonyl (C=O) groups excluding carboxylic acids is 1. The number of pyridine rings is 1. The standard InChI is InChI=1S/C24H21N5OS/c1-15-8-10-18(11-9-15)29-22-21(16(2)28-29)19(23(30)27-24-25-12-13-31-24)14-20(26-22)17-6-4-3-5-7-17/h3-11,14H,12-13H2,1-2H3,(H,25,27,30). The molecule has 3 heterocycles. The summed E-state index contributed by atoms with van der Waals surface area (Å²) in [4.78, 5) is 22.6. The first-order valence-corrected chi connectivity index (χ1v) is 11.1. The number of nitrogens with zero attached hydrogens (tertiary/aromatic N) is 4. The van der Waals surface area contributed by atoms with Gasteiger partial charge in [0.1, 0.15) is 0 Å². The van der Waals surface area contributed by atoms with Crippen LogP contribution in [0.5, 0.6) is 0 Å². The number of aromatic nitrogens is 3. The van der Waals surface area contributed by atoms with Gasteiger partial charge in [0.25, 0.3) is 5.91 Å². The fraction of sp³-hybridized carbons (Fsp3) is 0.167. The molecule has 0 fully saturated rings. The van der Waals surface area contributed by atoms with Crippen molar-refractivity contribution in [1.82, 2.24) is 20.1 Å². The molecule has 1 aliphatic heterocycles. The van der Waals surface area contributed by atoms with E-state index in [0.29, 0.717) is 16.4 Å². The average molecular weight is 428 g/mol. The zero-order valence-electron chi connectivity index (χ0n) is 17.3. The summed E-state index contributed by atoms with van der Waals surface area (Å²) < 4.78 is 1.81. The van der Waals surface area contributed by atoms with Crippen molar-refractivity contribution in [3.05, 3.63) is 77.5 Å². The van der Waals surface area contributed by atoms with E-state index in [1.165, 1.54) is 5.56 Å². The molecule has 2 aromatic carbocycles. The van der Waals surface area contributed by atoms with Crippen LogP contribution in [0.2, 0.25) is 0 Å². The highest BCUT2D eigenvalue weighted by Gasteiger charge is 2.22. The fourth-order valence-electron chi connectivity index (χ4n) is 3.67. The Hall–Kier alpha value is -3.45. The second-order valence-corrected chi connectivity index (χ2v) is 8.53. The van der Waals surface area contributed by atoms with Crippen molar-refractivity contribution < 1.29 is 4.79 Å². The molecular formula is C24H21N5OS. The molecule has 0 unspecified atom stereocenters. The van der Waals surface area contributed by atoms with E-state index in [0.717, 1.165) is 40.3 Å². The van der Waals surface area contributed by atoms with Crippen molar-refractivity contribution in [1.29, 1.82) is 0 Å². The van der Waals surface area contributed by atoms with Crippen molar-refractivity contribution in [3.63, 3.8) is 0 Å². The normalized spacial score (nSPS) is 13.4. The maximum Gasteiger partial charge on any atom is 0.258 e. The van der Waals surface area contributed by atoms with Gasteiger partial charge >= 0.3 is 0 Å². The SMILES string of the molecule is Cc1ccc(-n2nc(C)c3c(C(=O)NC4=NCCS4)cc(-c4ccccc4)nc32)cc1. The van der Waals surface area contributed by atoms with Crippen LogP contribution in [0.3, 0.4) is 0 Å². The van der Waals surface area contributed by atoms with E-state index in [9.17, 15) is 4.79 Å². The monoisotopic (exact) mass is 427 g/mol. The maximum absolute atomic E-state index is 13.3. The lowest BCUT2D eigenvalue weighted by molar-refractivity contribution is 0.0979. The van der Waals surface area contributed by atoms with Gasteiger partial charge in [-0.2, -0.15) is 5.10 Å². The molecule has 6 nitrogen and oxygen atoms in total. The molecule has 0 atom stereocenters. The van der Waals surface area contributed by atoms with Gasteiger partial charge in [0.05, 0.1) is 34.6 Å². The van der Waals surface area contributed by atoms with Gasteiger partial charge in [-0.05, 0) is 32.0 Å². The third-order valence-electron chi connectivity index (χ3n) is 5.21. The number of benzene rings is 2. The number of hydrogen-bond acceptors (Lipinski definition) is 5. The Balaban J connectivity index is 1.72. The summed E-state index contributed by atoms with van der Waals surface area (Å²) in [6, 6.07) is 19.8. The summed E-state index contributed by atoms with van der Waals surface area (Å²) >= 11 is 1.56. The highest BCUT2D eigenvalue weighted by Crippen LogP contribution is 2.29. The number of aliphatic imine (C=N–C) groups is 1. The first kappa shape index (κ1) is 19.5. The van der Waals surface area contributed by atoms with E-state index in [1.807, 2.05) is 79.2 Å². The lowest BCUT2D eigenvalue weighted by Gasteiger charge is -2.10. The minimum absolute atomic E-state index is 0.190. The molecule has 2 aromatic heterocycles. The van der Waals surface area contributed by atoms with E-state index in [4.69, 9.17) is 10.1 Å². The molecule has 0 bridgehead atoms. The molecule has 1 amide bonds. The Kier molecular flexibility index (Phi) is 5.03. The quantitative estimate of drug-likeness (QED) is 0.521. The minimum Gasteiger partial charge on any atom is -0.301 e. The van der Waals surface area contributed by atoms with E-state index in [1.54, 1.807) is 11.8 Å². The number of aryl methyl sites for hydroxylation is 2. The lowest BCUT2D eigenvalue weighted by atomic mass is 10.0. The van der Waals surface area contributed by atoms with E-state index in [2.05, 4.69) is 10.3 Å². The molecule has 1 N–H and O–H groups in total.